The molecule has 26 heavy (non-hydrogen) atoms. The Kier molecular flexibility index (Phi) is 4.20. The van der Waals surface area contributed by atoms with E-state index in [0.717, 1.165) is 28.0 Å². The van der Waals surface area contributed by atoms with Crippen LogP contribution < -0.4 is 0 Å². The summed E-state index contributed by atoms with van der Waals surface area (Å²) >= 11 is 0. The van der Waals surface area contributed by atoms with E-state index >= 15 is 0 Å². The van der Waals surface area contributed by atoms with Gasteiger partial charge in [-0.3, -0.25) is 0 Å². The zero-order valence-corrected chi connectivity index (χ0v) is 14.1. The Labute approximate surface area is 151 Å². The van der Waals surface area contributed by atoms with Crippen LogP contribution in [0.4, 0.5) is 4.39 Å². The molecule has 0 aliphatic heterocycles. The fourth-order valence-corrected chi connectivity index (χ4v) is 3.16. The predicted molar refractivity (Wildman–Crippen MR) is 99.2 cm³/mol. The van der Waals surface area contributed by atoms with Gasteiger partial charge < -0.3 is 4.57 Å². The lowest BCUT2D eigenvalue weighted by atomic mass is 10.1. The third kappa shape index (κ3) is 3.07. The highest BCUT2D eigenvalue weighted by molar-refractivity contribution is 5.76. The summed E-state index contributed by atoms with van der Waals surface area (Å²) in [7, 11) is 0. The maximum Gasteiger partial charge on any atom is 0.123 e. The second-order valence-electron chi connectivity index (χ2n) is 6.18. The predicted octanol–water partition coefficient (Wildman–Crippen LogP) is 4.69. The molecule has 0 bridgehead atoms. The van der Waals surface area contributed by atoms with Gasteiger partial charge in [-0.1, -0.05) is 42.5 Å². The molecule has 0 amide bonds. The molecular formula is C22H16FN3. The minimum atomic E-state index is -0.245. The lowest BCUT2D eigenvalue weighted by Crippen LogP contribution is -2.07. The number of halogens is 1. The van der Waals surface area contributed by atoms with Crippen LogP contribution in [0.25, 0.3) is 11.0 Å². The SMILES string of the molecule is N#Cc1ccccc1Cn1c(Cc2ccc(F)cc2)nc2ccccc21. The van der Waals surface area contributed by atoms with Crippen LogP contribution in [0.15, 0.2) is 72.8 Å². The van der Waals surface area contributed by atoms with Gasteiger partial charge in [-0.2, -0.15) is 5.26 Å². The van der Waals surface area contributed by atoms with Gasteiger partial charge in [0.1, 0.15) is 11.6 Å². The van der Waals surface area contributed by atoms with Crippen LogP contribution in [-0.2, 0) is 13.0 Å². The van der Waals surface area contributed by atoms with Crippen LogP contribution in [0.2, 0.25) is 0 Å². The smallest absolute Gasteiger partial charge is 0.123 e. The van der Waals surface area contributed by atoms with Gasteiger partial charge in [-0.05, 0) is 41.5 Å². The summed E-state index contributed by atoms with van der Waals surface area (Å²) in [6.07, 6.45) is 0.601. The molecule has 0 N–H and O–H groups in total. The molecule has 3 aromatic carbocycles. The topological polar surface area (TPSA) is 41.6 Å². The highest BCUT2D eigenvalue weighted by Crippen LogP contribution is 2.21. The van der Waals surface area contributed by atoms with E-state index in [1.54, 1.807) is 12.1 Å². The zero-order chi connectivity index (χ0) is 17.9. The summed E-state index contributed by atoms with van der Waals surface area (Å²) in [6, 6.07) is 24.3. The van der Waals surface area contributed by atoms with Gasteiger partial charge >= 0.3 is 0 Å². The molecule has 0 radical (unpaired) electrons. The van der Waals surface area contributed by atoms with Crippen molar-refractivity contribution in [1.82, 2.24) is 9.55 Å². The molecule has 0 saturated carbocycles. The fraction of sp³-hybridized carbons (Fsp3) is 0.0909. The third-order valence-corrected chi connectivity index (χ3v) is 4.48. The Morgan fingerprint density at radius 1 is 0.923 bits per heavy atom. The third-order valence-electron chi connectivity index (χ3n) is 4.48. The summed E-state index contributed by atoms with van der Waals surface area (Å²) < 4.78 is 15.3. The van der Waals surface area contributed by atoms with Gasteiger partial charge in [0, 0.05) is 6.42 Å². The van der Waals surface area contributed by atoms with Crippen molar-refractivity contribution in [3.05, 3.63) is 101 Å². The van der Waals surface area contributed by atoms with E-state index in [-0.39, 0.29) is 5.82 Å². The summed E-state index contributed by atoms with van der Waals surface area (Å²) in [4.78, 5) is 4.77. The summed E-state index contributed by atoms with van der Waals surface area (Å²) in [5, 5.41) is 9.38. The first-order valence-corrected chi connectivity index (χ1v) is 8.41. The Hall–Kier alpha value is -3.45. The number of aromatic nitrogens is 2. The number of hydrogen-bond acceptors (Lipinski definition) is 2. The molecular weight excluding hydrogens is 325 g/mol. The number of imidazole rings is 1. The molecule has 3 nitrogen and oxygen atoms in total. The summed E-state index contributed by atoms with van der Waals surface area (Å²) in [5.74, 6) is 0.649. The van der Waals surface area contributed by atoms with Crippen LogP contribution in [0.3, 0.4) is 0 Å². The first kappa shape index (κ1) is 16.0. The normalized spacial score (nSPS) is 10.8. The van der Waals surface area contributed by atoms with Crippen LogP contribution in [0.1, 0.15) is 22.5 Å². The molecule has 0 aliphatic rings. The molecule has 1 aromatic heterocycles. The number of nitriles is 1. The first-order chi connectivity index (χ1) is 12.7. The molecule has 0 atom stereocenters. The lowest BCUT2D eigenvalue weighted by Gasteiger charge is -2.11. The maximum absolute atomic E-state index is 13.2. The molecule has 0 aliphatic carbocycles. The quantitative estimate of drug-likeness (QED) is 0.540. The van der Waals surface area contributed by atoms with Gasteiger partial charge in [-0.15, -0.1) is 0 Å². The molecule has 0 saturated heterocycles. The minimum Gasteiger partial charge on any atom is -0.323 e. The molecule has 0 unspecified atom stereocenters. The van der Waals surface area contributed by atoms with E-state index in [0.29, 0.717) is 18.5 Å². The number of para-hydroxylation sites is 2. The van der Waals surface area contributed by atoms with Gasteiger partial charge in [0.05, 0.1) is 29.2 Å². The molecule has 126 valence electrons. The Morgan fingerprint density at radius 2 is 1.65 bits per heavy atom. The van der Waals surface area contributed by atoms with Crippen molar-refractivity contribution in [2.24, 2.45) is 0 Å². The highest BCUT2D eigenvalue weighted by Gasteiger charge is 2.13. The number of rotatable bonds is 4. The highest BCUT2D eigenvalue weighted by atomic mass is 19.1. The van der Waals surface area contributed by atoms with Crippen molar-refractivity contribution < 1.29 is 4.39 Å². The summed E-state index contributed by atoms with van der Waals surface area (Å²) in [5.41, 5.74) is 4.56. The monoisotopic (exact) mass is 341 g/mol. The summed E-state index contributed by atoms with van der Waals surface area (Å²) in [6.45, 7) is 0.570. The average Bonchev–Trinajstić information content (AvgIpc) is 3.01. The van der Waals surface area contributed by atoms with E-state index in [2.05, 4.69) is 10.6 Å². The second kappa shape index (κ2) is 6.81. The molecule has 1 heterocycles. The van der Waals surface area contributed by atoms with Crippen molar-refractivity contribution in [2.45, 2.75) is 13.0 Å². The van der Waals surface area contributed by atoms with E-state index in [1.165, 1.54) is 12.1 Å². The molecule has 0 spiro atoms. The maximum atomic E-state index is 13.2. The Balaban J connectivity index is 1.79. The largest absolute Gasteiger partial charge is 0.323 e. The van der Waals surface area contributed by atoms with E-state index in [4.69, 9.17) is 4.98 Å². The van der Waals surface area contributed by atoms with Gasteiger partial charge in [0.25, 0.3) is 0 Å². The van der Waals surface area contributed by atoms with Crippen LogP contribution >= 0.6 is 0 Å². The van der Waals surface area contributed by atoms with E-state index < -0.39 is 0 Å². The van der Waals surface area contributed by atoms with Crippen molar-refractivity contribution in [1.29, 1.82) is 5.26 Å². The molecule has 0 fully saturated rings. The lowest BCUT2D eigenvalue weighted by molar-refractivity contribution is 0.627. The van der Waals surface area contributed by atoms with Crippen LogP contribution in [-0.4, -0.2) is 9.55 Å². The first-order valence-electron chi connectivity index (χ1n) is 8.41. The standard InChI is InChI=1S/C22H16FN3/c23-19-11-9-16(10-12-19)13-22-25-20-7-3-4-8-21(20)26(22)15-18-6-2-1-5-17(18)14-24/h1-12H,13,15H2. The van der Waals surface area contributed by atoms with Crippen molar-refractivity contribution >= 4 is 11.0 Å². The Morgan fingerprint density at radius 3 is 2.46 bits per heavy atom. The van der Waals surface area contributed by atoms with Crippen LogP contribution in [0.5, 0.6) is 0 Å². The fourth-order valence-electron chi connectivity index (χ4n) is 3.16. The number of fused-ring (bicyclic) bond motifs is 1. The van der Waals surface area contributed by atoms with Crippen molar-refractivity contribution in [2.75, 3.05) is 0 Å². The van der Waals surface area contributed by atoms with Crippen molar-refractivity contribution in [3.8, 4) is 6.07 Å². The van der Waals surface area contributed by atoms with E-state index in [9.17, 15) is 9.65 Å². The van der Waals surface area contributed by atoms with Gasteiger partial charge in [0.2, 0.25) is 0 Å². The van der Waals surface area contributed by atoms with Gasteiger partial charge in [-0.25, -0.2) is 9.37 Å². The molecule has 4 rings (SSSR count). The number of benzene rings is 3. The van der Waals surface area contributed by atoms with Crippen molar-refractivity contribution in [3.63, 3.8) is 0 Å². The minimum absolute atomic E-state index is 0.245. The molecule has 4 heteroatoms. The molecule has 4 aromatic rings. The second-order valence-corrected chi connectivity index (χ2v) is 6.18. The van der Waals surface area contributed by atoms with E-state index in [1.807, 2.05) is 48.5 Å². The Bertz CT molecular complexity index is 1100. The zero-order valence-electron chi connectivity index (χ0n) is 14.1. The number of nitrogens with zero attached hydrogens (tertiary/aromatic N) is 3. The average molecular weight is 341 g/mol. The number of hydrogen-bond donors (Lipinski definition) is 0. The van der Waals surface area contributed by atoms with Crippen LogP contribution in [0, 0.1) is 17.1 Å². The van der Waals surface area contributed by atoms with Gasteiger partial charge in [0.15, 0.2) is 0 Å².